The van der Waals surface area contributed by atoms with Gasteiger partial charge in [-0.05, 0) is 23.7 Å². The summed E-state index contributed by atoms with van der Waals surface area (Å²) in [5.74, 6) is -1.93. The number of carboxylic acid groups (broad SMARTS) is 1. The Morgan fingerprint density at radius 1 is 1.62 bits per heavy atom. The van der Waals surface area contributed by atoms with E-state index in [1.54, 1.807) is 0 Å². The average molecular weight is 224 g/mol. The number of fused-ring (bicyclic) bond motifs is 1. The fraction of sp³-hybridized carbons (Fsp3) is 0.182. The molecule has 0 aliphatic carbocycles. The van der Waals surface area contributed by atoms with Crippen LogP contribution in [0.2, 0.25) is 0 Å². The molecule has 0 fully saturated rings. The van der Waals surface area contributed by atoms with Crippen molar-refractivity contribution in [3.05, 3.63) is 29.9 Å². The Bertz CT molecular complexity index is 714. The van der Waals surface area contributed by atoms with Crippen LogP contribution in [0.1, 0.15) is 11.0 Å². The summed E-state index contributed by atoms with van der Waals surface area (Å²) in [6.07, 6.45) is -0.389. The van der Waals surface area contributed by atoms with Gasteiger partial charge in [0.1, 0.15) is 11.8 Å². The molecule has 5 nitrogen and oxygen atoms in total. The zero-order chi connectivity index (χ0) is 15.2. The molecular formula is C11H12N2O3. The zero-order valence-electron chi connectivity index (χ0n) is 12.2. The third-order valence-corrected chi connectivity index (χ3v) is 2.18. The number of hydrogen-bond acceptors (Lipinski definition) is 3. The number of phenols is 1. The van der Waals surface area contributed by atoms with Gasteiger partial charge in [0, 0.05) is 23.5 Å². The summed E-state index contributed by atoms with van der Waals surface area (Å²) in [4.78, 5) is 13.3. The van der Waals surface area contributed by atoms with Gasteiger partial charge in [0.15, 0.2) is 0 Å². The van der Waals surface area contributed by atoms with Crippen molar-refractivity contribution in [1.82, 2.24) is 4.98 Å². The first-order valence-corrected chi connectivity index (χ1v) is 4.54. The summed E-state index contributed by atoms with van der Waals surface area (Å²) in [5.41, 5.74) is 5.61. The molecule has 0 spiro atoms. The summed E-state index contributed by atoms with van der Waals surface area (Å²) >= 11 is 0. The minimum atomic E-state index is -1.26. The number of carbonyl (C=O) groups is 1. The van der Waals surface area contributed by atoms with E-state index in [1.165, 1.54) is 0 Å². The molecule has 2 aromatic rings. The van der Waals surface area contributed by atoms with Gasteiger partial charge in [-0.2, -0.15) is 0 Å². The Hall–Kier alpha value is -2.01. The van der Waals surface area contributed by atoms with Crippen LogP contribution in [0.3, 0.4) is 0 Å². The number of carboxylic acids is 1. The van der Waals surface area contributed by atoms with Crippen LogP contribution < -0.4 is 5.73 Å². The number of H-pyrrole nitrogens is 1. The molecule has 0 aliphatic heterocycles. The number of aromatic hydroxyl groups is 1. The van der Waals surface area contributed by atoms with Gasteiger partial charge < -0.3 is 20.9 Å². The number of benzene rings is 1. The van der Waals surface area contributed by atoms with Gasteiger partial charge in [0.05, 0.1) is 5.48 Å². The second kappa shape index (κ2) is 3.86. The molecule has 0 radical (unpaired) electrons. The van der Waals surface area contributed by atoms with Crippen LogP contribution in [-0.2, 0) is 11.2 Å². The van der Waals surface area contributed by atoms with Crippen molar-refractivity contribution in [2.45, 2.75) is 12.5 Å². The van der Waals surface area contributed by atoms with Crippen molar-refractivity contribution in [1.29, 1.82) is 0 Å². The molecule has 1 aromatic carbocycles. The molecule has 0 saturated heterocycles. The number of hydrogen-bond donors (Lipinski definition) is 4. The van der Waals surface area contributed by atoms with Gasteiger partial charge in [0.2, 0.25) is 0 Å². The van der Waals surface area contributed by atoms with Gasteiger partial charge in [-0.25, -0.2) is 0 Å². The Labute approximate surface area is 97.1 Å². The Kier molecular flexibility index (Phi) is 1.58. The second-order valence-electron chi connectivity index (χ2n) is 3.35. The Morgan fingerprint density at radius 3 is 3.06 bits per heavy atom. The van der Waals surface area contributed by atoms with Crippen molar-refractivity contribution >= 4 is 16.9 Å². The SMILES string of the molecule is [2H]c1[nH]c2c([2H])c([2H])c(O)c([2H])c2c1CC(N)C(=O)O. The highest BCUT2D eigenvalue weighted by atomic mass is 16.4. The number of nitrogens with two attached hydrogens (primary N) is 1. The average Bonchev–Trinajstić information content (AvgIpc) is 2.71. The molecule has 0 bridgehead atoms. The third-order valence-electron chi connectivity index (χ3n) is 2.18. The van der Waals surface area contributed by atoms with E-state index in [1.807, 2.05) is 0 Å². The lowest BCUT2D eigenvalue weighted by molar-refractivity contribution is -0.138. The topological polar surface area (TPSA) is 99.3 Å². The van der Waals surface area contributed by atoms with E-state index >= 15 is 0 Å². The third kappa shape index (κ3) is 1.85. The van der Waals surface area contributed by atoms with Crippen LogP contribution in [0.25, 0.3) is 10.9 Å². The lowest BCUT2D eigenvalue weighted by atomic mass is 10.1. The normalized spacial score (nSPS) is 16.3. The highest BCUT2D eigenvalue weighted by Crippen LogP contribution is 2.23. The largest absolute Gasteiger partial charge is 0.508 e. The molecule has 16 heavy (non-hydrogen) atoms. The number of aliphatic carboxylic acids is 1. The summed E-state index contributed by atoms with van der Waals surface area (Å²) < 4.78 is 30.7. The van der Waals surface area contributed by atoms with Crippen LogP contribution >= 0.6 is 0 Å². The van der Waals surface area contributed by atoms with Crippen LogP contribution in [0.4, 0.5) is 0 Å². The highest BCUT2D eigenvalue weighted by Gasteiger charge is 2.14. The van der Waals surface area contributed by atoms with E-state index in [0.717, 1.165) is 0 Å². The van der Waals surface area contributed by atoms with Crippen LogP contribution in [0.5, 0.6) is 5.75 Å². The fourth-order valence-electron chi connectivity index (χ4n) is 1.38. The van der Waals surface area contributed by atoms with Gasteiger partial charge in [-0.3, -0.25) is 4.79 Å². The minimum Gasteiger partial charge on any atom is -0.508 e. The molecule has 1 unspecified atom stereocenters. The number of aromatic nitrogens is 1. The monoisotopic (exact) mass is 224 g/mol. The molecule has 5 N–H and O–H groups in total. The lowest BCUT2D eigenvalue weighted by Gasteiger charge is -2.04. The molecule has 0 amide bonds. The van der Waals surface area contributed by atoms with Crippen molar-refractivity contribution in [3.8, 4) is 5.75 Å². The second-order valence-corrected chi connectivity index (χ2v) is 3.35. The predicted molar refractivity (Wildman–Crippen MR) is 59.3 cm³/mol. The Morgan fingerprint density at radius 2 is 2.38 bits per heavy atom. The van der Waals surface area contributed by atoms with Crippen molar-refractivity contribution < 1.29 is 20.5 Å². The van der Waals surface area contributed by atoms with E-state index in [-0.39, 0.29) is 35.1 Å². The number of phenolic OH excluding ortho intramolecular Hbond substituents is 1. The number of aromatic amines is 1. The van der Waals surface area contributed by atoms with Gasteiger partial charge >= 0.3 is 5.97 Å². The maximum atomic E-state index is 10.8. The molecule has 1 heterocycles. The first-order chi connectivity index (χ1) is 9.25. The summed E-state index contributed by atoms with van der Waals surface area (Å²) in [6.45, 7) is 0. The molecule has 1 atom stereocenters. The molecule has 2 rings (SSSR count). The van der Waals surface area contributed by atoms with E-state index in [4.69, 9.17) is 16.3 Å². The van der Waals surface area contributed by atoms with E-state index in [2.05, 4.69) is 4.98 Å². The Balaban J connectivity index is 2.73. The van der Waals surface area contributed by atoms with Crippen molar-refractivity contribution in [3.63, 3.8) is 0 Å². The molecule has 0 saturated carbocycles. The molecule has 84 valence electrons. The number of nitrogens with one attached hydrogen (secondary N) is 1. The zero-order valence-corrected chi connectivity index (χ0v) is 8.16. The smallest absolute Gasteiger partial charge is 0.320 e. The predicted octanol–water partition coefficient (Wildman–Crippen LogP) is 0.828. The summed E-state index contributed by atoms with van der Waals surface area (Å²) in [5, 5.41) is 18.5. The lowest BCUT2D eigenvalue weighted by Crippen LogP contribution is -2.32. The quantitative estimate of drug-likeness (QED) is 0.620. The van der Waals surface area contributed by atoms with Crippen LogP contribution in [0.15, 0.2) is 24.3 Å². The molecule has 1 aromatic heterocycles. The van der Waals surface area contributed by atoms with Crippen LogP contribution in [-0.4, -0.2) is 27.2 Å². The van der Waals surface area contributed by atoms with Gasteiger partial charge in [-0.1, -0.05) is 0 Å². The first-order valence-electron chi connectivity index (χ1n) is 6.54. The van der Waals surface area contributed by atoms with E-state index in [0.29, 0.717) is 0 Å². The molecule has 5 heteroatoms. The maximum Gasteiger partial charge on any atom is 0.320 e. The van der Waals surface area contributed by atoms with Crippen LogP contribution in [0, 0.1) is 0 Å². The van der Waals surface area contributed by atoms with Crippen molar-refractivity contribution in [2.24, 2.45) is 5.73 Å². The molecule has 0 aliphatic rings. The van der Waals surface area contributed by atoms with E-state index < -0.39 is 29.8 Å². The summed E-state index contributed by atoms with van der Waals surface area (Å²) in [7, 11) is 0. The maximum absolute atomic E-state index is 10.8. The van der Waals surface area contributed by atoms with E-state index in [9.17, 15) is 9.90 Å². The standard InChI is InChI=1S/C11H12N2O3/c12-9(11(15)16)3-6-5-13-10-2-1-7(14)4-8(6)10/h1-2,4-5,9,13-14H,3,12H2,(H,15,16)/i1D,2D,4D,5D. The molecular weight excluding hydrogens is 208 g/mol. The van der Waals surface area contributed by atoms with Gasteiger partial charge in [-0.15, -0.1) is 0 Å². The highest BCUT2D eigenvalue weighted by molar-refractivity contribution is 5.85. The minimum absolute atomic E-state index is 0.0513. The number of rotatable bonds is 3. The fourth-order valence-corrected chi connectivity index (χ4v) is 1.38. The first kappa shape index (κ1) is 6.55. The summed E-state index contributed by atoms with van der Waals surface area (Å²) in [6, 6.07) is -2.54. The van der Waals surface area contributed by atoms with Gasteiger partial charge in [0.25, 0.3) is 0 Å². The van der Waals surface area contributed by atoms with Crippen molar-refractivity contribution in [2.75, 3.05) is 0 Å².